The molecule has 2 N–H and O–H groups in total. The lowest BCUT2D eigenvalue weighted by Crippen LogP contribution is -2.28. The van der Waals surface area contributed by atoms with Crippen molar-refractivity contribution in [1.82, 2.24) is 25.4 Å². The molecule has 6 nitrogen and oxygen atoms in total. The lowest BCUT2D eigenvalue weighted by atomic mass is 10.1. The molecule has 0 amide bonds. The maximum absolute atomic E-state index is 5.40. The molecule has 94 valence electrons. The van der Waals surface area contributed by atoms with E-state index < -0.39 is 0 Å². The number of nitrogens with one attached hydrogen (secondary N) is 2. The number of hydrogen-bond acceptors (Lipinski definition) is 5. The Morgan fingerprint density at radius 3 is 3.17 bits per heavy atom. The minimum absolute atomic E-state index is 0.0874. The Balaban J connectivity index is 1.59. The number of hydrogen-bond donors (Lipinski definition) is 2. The Bertz CT molecular complexity index is 583. The van der Waals surface area contributed by atoms with Crippen LogP contribution < -0.4 is 5.32 Å². The van der Waals surface area contributed by atoms with Gasteiger partial charge in [0.2, 0.25) is 5.89 Å². The molecule has 6 heteroatoms. The van der Waals surface area contributed by atoms with Crippen LogP contribution in [-0.4, -0.2) is 20.1 Å². The fourth-order valence-electron chi connectivity index (χ4n) is 2.38. The standard InChI is InChI=1S/C12H15N5O/c1-12(2-3-12)11-16-10(18-17-11)8-4-7-9(5-13-8)15-6-14-7/h6,8,13H,2-5H2,1H3,(H,14,15). The summed E-state index contributed by atoms with van der Waals surface area (Å²) in [7, 11) is 0. The second-order valence-electron chi connectivity index (χ2n) is 5.48. The summed E-state index contributed by atoms with van der Waals surface area (Å²) in [6.45, 7) is 2.96. The van der Waals surface area contributed by atoms with E-state index in [1.807, 2.05) is 0 Å². The lowest BCUT2D eigenvalue weighted by Gasteiger charge is -2.19. The van der Waals surface area contributed by atoms with E-state index in [-0.39, 0.29) is 11.5 Å². The largest absolute Gasteiger partial charge is 0.347 e. The highest BCUT2D eigenvalue weighted by atomic mass is 16.5. The number of aromatic amines is 1. The van der Waals surface area contributed by atoms with Crippen LogP contribution in [0, 0.1) is 0 Å². The second-order valence-corrected chi connectivity index (χ2v) is 5.48. The van der Waals surface area contributed by atoms with Gasteiger partial charge in [-0.05, 0) is 12.8 Å². The smallest absolute Gasteiger partial charge is 0.244 e. The van der Waals surface area contributed by atoms with Crippen molar-refractivity contribution in [2.45, 2.75) is 44.2 Å². The van der Waals surface area contributed by atoms with Crippen molar-refractivity contribution >= 4 is 0 Å². The third-order valence-electron chi connectivity index (χ3n) is 4.01. The fraction of sp³-hybridized carbons (Fsp3) is 0.583. The van der Waals surface area contributed by atoms with Gasteiger partial charge in [0.25, 0.3) is 0 Å². The van der Waals surface area contributed by atoms with E-state index >= 15 is 0 Å². The molecule has 0 bridgehead atoms. The number of imidazole rings is 1. The van der Waals surface area contributed by atoms with E-state index in [1.54, 1.807) is 6.33 Å². The van der Waals surface area contributed by atoms with Gasteiger partial charge in [-0.25, -0.2) is 4.98 Å². The SMILES string of the molecule is CC1(c2noc(C3Cc4nc[nH]c4CN3)n2)CC1. The molecular weight excluding hydrogens is 230 g/mol. The molecule has 0 aromatic carbocycles. The zero-order valence-electron chi connectivity index (χ0n) is 10.2. The molecule has 1 atom stereocenters. The molecule has 2 aliphatic rings. The number of rotatable bonds is 2. The first-order valence-electron chi connectivity index (χ1n) is 6.33. The van der Waals surface area contributed by atoms with Gasteiger partial charge >= 0.3 is 0 Å². The first-order valence-corrected chi connectivity index (χ1v) is 6.33. The lowest BCUT2D eigenvalue weighted by molar-refractivity contribution is 0.315. The fourth-order valence-corrected chi connectivity index (χ4v) is 2.38. The third kappa shape index (κ3) is 1.49. The quantitative estimate of drug-likeness (QED) is 0.832. The monoisotopic (exact) mass is 245 g/mol. The number of fused-ring (bicyclic) bond motifs is 1. The van der Waals surface area contributed by atoms with Crippen molar-refractivity contribution in [2.75, 3.05) is 0 Å². The van der Waals surface area contributed by atoms with Crippen LogP contribution in [0.3, 0.4) is 0 Å². The molecule has 0 radical (unpaired) electrons. The van der Waals surface area contributed by atoms with Crippen molar-refractivity contribution in [3.8, 4) is 0 Å². The van der Waals surface area contributed by atoms with Crippen molar-refractivity contribution in [2.24, 2.45) is 0 Å². The van der Waals surface area contributed by atoms with Crippen LogP contribution in [-0.2, 0) is 18.4 Å². The molecule has 18 heavy (non-hydrogen) atoms. The van der Waals surface area contributed by atoms with Crippen LogP contribution in [0.25, 0.3) is 0 Å². The molecule has 2 aromatic rings. The van der Waals surface area contributed by atoms with Crippen LogP contribution in [0.15, 0.2) is 10.9 Å². The van der Waals surface area contributed by atoms with Crippen molar-refractivity contribution in [3.05, 3.63) is 29.4 Å². The minimum Gasteiger partial charge on any atom is -0.347 e. The van der Waals surface area contributed by atoms with Gasteiger partial charge in [0.1, 0.15) is 0 Å². The molecule has 1 aliphatic heterocycles. The molecule has 1 fully saturated rings. The van der Waals surface area contributed by atoms with Crippen molar-refractivity contribution in [1.29, 1.82) is 0 Å². The zero-order chi connectivity index (χ0) is 12.2. The van der Waals surface area contributed by atoms with Crippen molar-refractivity contribution < 1.29 is 4.52 Å². The second kappa shape index (κ2) is 3.41. The summed E-state index contributed by atoms with van der Waals surface area (Å²) in [5.74, 6) is 1.54. The molecule has 0 spiro atoms. The Morgan fingerprint density at radius 2 is 2.33 bits per heavy atom. The average molecular weight is 245 g/mol. The van der Waals surface area contributed by atoms with E-state index in [9.17, 15) is 0 Å². The summed E-state index contributed by atoms with van der Waals surface area (Å²) in [6, 6.07) is 0.0874. The van der Waals surface area contributed by atoms with Gasteiger partial charge < -0.3 is 9.51 Å². The first-order chi connectivity index (χ1) is 8.74. The van der Waals surface area contributed by atoms with Gasteiger partial charge in [0.15, 0.2) is 5.82 Å². The van der Waals surface area contributed by atoms with Gasteiger partial charge in [0, 0.05) is 18.4 Å². The topological polar surface area (TPSA) is 79.6 Å². The van der Waals surface area contributed by atoms with E-state index in [0.717, 1.165) is 43.0 Å². The van der Waals surface area contributed by atoms with Gasteiger partial charge in [-0.2, -0.15) is 4.98 Å². The minimum atomic E-state index is 0.0874. The van der Waals surface area contributed by atoms with E-state index in [1.165, 1.54) is 0 Å². The van der Waals surface area contributed by atoms with Crippen LogP contribution in [0.4, 0.5) is 0 Å². The summed E-state index contributed by atoms with van der Waals surface area (Å²) >= 11 is 0. The number of aromatic nitrogens is 4. The number of H-pyrrole nitrogens is 1. The predicted octanol–water partition coefficient (Wildman–Crippen LogP) is 1.23. The highest BCUT2D eigenvalue weighted by Gasteiger charge is 2.44. The average Bonchev–Trinajstić information content (AvgIpc) is 2.89. The molecular formula is C12H15N5O. The van der Waals surface area contributed by atoms with E-state index in [2.05, 4.69) is 32.3 Å². The Kier molecular flexibility index (Phi) is 1.94. The molecule has 0 saturated heterocycles. The van der Waals surface area contributed by atoms with E-state index in [0.29, 0.717) is 5.89 Å². The molecule has 3 heterocycles. The van der Waals surface area contributed by atoms with Crippen molar-refractivity contribution in [3.63, 3.8) is 0 Å². The molecule has 1 saturated carbocycles. The highest BCUT2D eigenvalue weighted by molar-refractivity contribution is 5.19. The van der Waals surface area contributed by atoms with Crippen LogP contribution in [0.5, 0.6) is 0 Å². The van der Waals surface area contributed by atoms with Crippen LogP contribution in [0.1, 0.15) is 48.9 Å². The zero-order valence-corrected chi connectivity index (χ0v) is 10.2. The normalized spacial score (nSPS) is 24.8. The number of nitrogens with zero attached hydrogens (tertiary/aromatic N) is 3. The summed E-state index contributed by atoms with van der Waals surface area (Å²) < 4.78 is 5.40. The summed E-state index contributed by atoms with van der Waals surface area (Å²) in [5, 5.41) is 7.51. The van der Waals surface area contributed by atoms with Gasteiger partial charge in [-0.1, -0.05) is 12.1 Å². The Hall–Kier alpha value is -1.69. The van der Waals surface area contributed by atoms with Crippen LogP contribution in [0.2, 0.25) is 0 Å². The highest BCUT2D eigenvalue weighted by Crippen LogP contribution is 2.46. The Labute approximate surface area is 104 Å². The molecule has 4 rings (SSSR count). The summed E-state index contributed by atoms with van der Waals surface area (Å²) in [5.41, 5.74) is 2.41. The summed E-state index contributed by atoms with van der Waals surface area (Å²) in [6.07, 6.45) is 4.86. The maximum atomic E-state index is 5.40. The van der Waals surface area contributed by atoms with Gasteiger partial charge in [-0.15, -0.1) is 0 Å². The third-order valence-corrected chi connectivity index (χ3v) is 4.01. The molecule has 1 aliphatic carbocycles. The summed E-state index contributed by atoms with van der Waals surface area (Å²) in [4.78, 5) is 12.0. The Morgan fingerprint density at radius 1 is 1.44 bits per heavy atom. The molecule has 1 unspecified atom stereocenters. The van der Waals surface area contributed by atoms with Crippen LogP contribution >= 0.6 is 0 Å². The predicted molar refractivity (Wildman–Crippen MR) is 62.8 cm³/mol. The van der Waals surface area contributed by atoms with E-state index in [4.69, 9.17) is 4.52 Å². The first kappa shape index (κ1) is 10.3. The molecule has 2 aromatic heterocycles. The maximum Gasteiger partial charge on any atom is 0.244 e. The van der Waals surface area contributed by atoms with Gasteiger partial charge in [-0.3, -0.25) is 5.32 Å². The van der Waals surface area contributed by atoms with Gasteiger partial charge in [0.05, 0.1) is 23.8 Å².